The van der Waals surface area contributed by atoms with Crippen LogP contribution in [-0.4, -0.2) is 30.0 Å². The van der Waals surface area contributed by atoms with Gasteiger partial charge in [0.15, 0.2) is 0 Å². The van der Waals surface area contributed by atoms with E-state index in [9.17, 15) is 18.5 Å². The number of unbranched alkanes of at least 4 members (excludes halogenated alkanes) is 2. The van der Waals surface area contributed by atoms with E-state index in [1.165, 1.54) is 24.3 Å². The number of nitrogens with zero attached hydrogens (tertiary/aromatic N) is 3. The van der Waals surface area contributed by atoms with Gasteiger partial charge in [-0.3, -0.25) is 10.1 Å². The van der Waals surface area contributed by atoms with E-state index in [4.69, 9.17) is 0 Å². The summed E-state index contributed by atoms with van der Waals surface area (Å²) in [5.41, 5.74) is -0.136. The van der Waals surface area contributed by atoms with Gasteiger partial charge in [0.25, 0.3) is 15.7 Å². The maximum absolute atomic E-state index is 12.6. The number of rotatable bonds is 7. The highest BCUT2D eigenvalue weighted by molar-refractivity contribution is 7.89. The molecule has 0 unspecified atom stereocenters. The van der Waals surface area contributed by atoms with E-state index in [1.54, 1.807) is 6.21 Å². The lowest BCUT2D eigenvalue weighted by Crippen LogP contribution is -2.32. The highest BCUT2D eigenvalue weighted by Crippen LogP contribution is 2.27. The standard InChI is InChI=1S/C14H19N3O4S/c1-2-3-4-5-12-10-11-15-16(12)22(20,21)14-8-6-13(7-9-14)17(18)19/h6-9,11-12H,2-5,10H2,1H3/t12-/m1/s1. The number of hydrogen-bond acceptors (Lipinski definition) is 5. The molecule has 0 N–H and O–H groups in total. The minimum atomic E-state index is -3.75. The molecule has 0 saturated heterocycles. The molecular formula is C14H19N3O4S. The molecule has 22 heavy (non-hydrogen) atoms. The van der Waals surface area contributed by atoms with E-state index in [0.717, 1.165) is 30.1 Å². The van der Waals surface area contributed by atoms with Gasteiger partial charge in [-0.1, -0.05) is 26.2 Å². The predicted molar refractivity (Wildman–Crippen MR) is 83.2 cm³/mol. The van der Waals surface area contributed by atoms with Gasteiger partial charge < -0.3 is 0 Å². The third-order valence-corrected chi connectivity index (χ3v) is 5.37. The summed E-state index contributed by atoms with van der Waals surface area (Å²) in [6.45, 7) is 2.09. The molecule has 7 nitrogen and oxygen atoms in total. The number of hydrogen-bond donors (Lipinski definition) is 0. The van der Waals surface area contributed by atoms with Gasteiger partial charge in [0.1, 0.15) is 0 Å². The average Bonchev–Trinajstić information content (AvgIpc) is 2.97. The Hall–Kier alpha value is -1.96. The highest BCUT2D eigenvalue weighted by Gasteiger charge is 2.32. The van der Waals surface area contributed by atoms with E-state index in [2.05, 4.69) is 12.0 Å². The topological polar surface area (TPSA) is 92.9 Å². The maximum atomic E-state index is 12.6. The van der Waals surface area contributed by atoms with Crippen molar-refractivity contribution in [2.75, 3.05) is 0 Å². The summed E-state index contributed by atoms with van der Waals surface area (Å²) < 4.78 is 26.3. The van der Waals surface area contributed by atoms with Crippen molar-refractivity contribution in [1.29, 1.82) is 0 Å². The van der Waals surface area contributed by atoms with Crippen LogP contribution in [0.15, 0.2) is 34.3 Å². The lowest BCUT2D eigenvalue weighted by molar-refractivity contribution is -0.384. The molecule has 1 aromatic carbocycles. The summed E-state index contributed by atoms with van der Waals surface area (Å²) in [6.07, 6.45) is 6.07. The molecular weight excluding hydrogens is 306 g/mol. The van der Waals surface area contributed by atoms with Crippen LogP contribution in [0.3, 0.4) is 0 Å². The zero-order chi connectivity index (χ0) is 16.2. The molecule has 0 spiro atoms. The zero-order valence-electron chi connectivity index (χ0n) is 12.4. The first-order chi connectivity index (χ1) is 10.5. The van der Waals surface area contributed by atoms with Crippen molar-refractivity contribution in [2.24, 2.45) is 5.10 Å². The SMILES string of the molecule is CCCCC[C@@H]1CC=NN1S(=O)(=O)c1ccc([N+](=O)[O-])cc1. The second-order valence-corrected chi connectivity index (χ2v) is 7.01. The fourth-order valence-corrected chi connectivity index (χ4v) is 3.87. The van der Waals surface area contributed by atoms with E-state index in [0.29, 0.717) is 6.42 Å². The van der Waals surface area contributed by atoms with Gasteiger partial charge in [-0.05, 0) is 18.6 Å². The van der Waals surface area contributed by atoms with Gasteiger partial charge in [-0.25, -0.2) is 0 Å². The van der Waals surface area contributed by atoms with Crippen LogP contribution < -0.4 is 0 Å². The van der Waals surface area contributed by atoms with Crippen LogP contribution in [0.5, 0.6) is 0 Å². The Bertz CT molecular complexity index is 655. The Morgan fingerprint density at radius 1 is 1.32 bits per heavy atom. The molecule has 1 atom stereocenters. The minimum Gasteiger partial charge on any atom is -0.258 e. The van der Waals surface area contributed by atoms with E-state index in [1.807, 2.05) is 0 Å². The molecule has 1 aliphatic heterocycles. The Kier molecular flexibility index (Phi) is 5.12. The largest absolute Gasteiger partial charge is 0.279 e. The van der Waals surface area contributed by atoms with E-state index in [-0.39, 0.29) is 16.6 Å². The molecule has 0 aliphatic carbocycles. The molecule has 0 radical (unpaired) electrons. The predicted octanol–water partition coefficient (Wildman–Crippen LogP) is 2.92. The van der Waals surface area contributed by atoms with Gasteiger partial charge in [-0.15, -0.1) is 0 Å². The van der Waals surface area contributed by atoms with Crippen LogP contribution in [0.4, 0.5) is 5.69 Å². The Morgan fingerprint density at radius 3 is 2.59 bits per heavy atom. The fraction of sp³-hybridized carbons (Fsp3) is 0.500. The normalized spacial score (nSPS) is 17.9. The number of nitro groups is 1. The second kappa shape index (κ2) is 6.87. The van der Waals surface area contributed by atoms with Crippen LogP contribution in [0.25, 0.3) is 0 Å². The lowest BCUT2D eigenvalue weighted by atomic mass is 10.1. The monoisotopic (exact) mass is 325 g/mol. The maximum Gasteiger partial charge on any atom is 0.279 e. The molecule has 8 heteroatoms. The van der Waals surface area contributed by atoms with Gasteiger partial charge in [0.05, 0.1) is 15.9 Å². The highest BCUT2D eigenvalue weighted by atomic mass is 32.2. The van der Waals surface area contributed by atoms with Crippen molar-refractivity contribution in [3.8, 4) is 0 Å². The summed E-state index contributed by atoms with van der Waals surface area (Å²) in [5.74, 6) is 0. The third-order valence-electron chi connectivity index (χ3n) is 3.62. The first-order valence-electron chi connectivity index (χ1n) is 7.28. The van der Waals surface area contributed by atoms with Gasteiger partial charge >= 0.3 is 0 Å². The first-order valence-corrected chi connectivity index (χ1v) is 8.72. The van der Waals surface area contributed by atoms with Crippen LogP contribution in [-0.2, 0) is 10.0 Å². The van der Waals surface area contributed by atoms with Gasteiger partial charge in [0.2, 0.25) is 0 Å². The molecule has 1 aromatic rings. The van der Waals surface area contributed by atoms with Crippen molar-refractivity contribution in [3.05, 3.63) is 34.4 Å². The van der Waals surface area contributed by atoms with Crippen molar-refractivity contribution in [1.82, 2.24) is 4.41 Å². The summed E-state index contributed by atoms with van der Waals surface area (Å²) in [6, 6.07) is 4.73. The smallest absolute Gasteiger partial charge is 0.258 e. The van der Waals surface area contributed by atoms with Crippen LogP contribution in [0.1, 0.15) is 39.0 Å². The van der Waals surface area contributed by atoms with Crippen LogP contribution >= 0.6 is 0 Å². The molecule has 120 valence electrons. The average molecular weight is 325 g/mol. The molecule has 0 bridgehead atoms. The summed E-state index contributed by atoms with van der Waals surface area (Å²) in [7, 11) is -3.75. The van der Waals surface area contributed by atoms with Crippen LogP contribution in [0, 0.1) is 10.1 Å². The minimum absolute atomic E-state index is 0.0256. The van der Waals surface area contributed by atoms with Crippen molar-refractivity contribution in [2.45, 2.75) is 50.0 Å². The van der Waals surface area contributed by atoms with Crippen molar-refractivity contribution >= 4 is 21.9 Å². The lowest BCUT2D eigenvalue weighted by Gasteiger charge is -2.23. The quantitative estimate of drug-likeness (QED) is 0.437. The summed E-state index contributed by atoms with van der Waals surface area (Å²) in [4.78, 5) is 10.1. The van der Waals surface area contributed by atoms with Crippen molar-refractivity contribution in [3.63, 3.8) is 0 Å². The molecule has 0 fully saturated rings. The first kappa shape index (κ1) is 16.4. The van der Waals surface area contributed by atoms with Crippen LogP contribution in [0.2, 0.25) is 0 Å². The number of nitro benzene ring substituents is 1. The Balaban J connectivity index is 2.17. The summed E-state index contributed by atoms with van der Waals surface area (Å²) >= 11 is 0. The number of sulfonamides is 1. The molecule has 0 aromatic heterocycles. The van der Waals surface area contributed by atoms with Gasteiger partial charge in [0, 0.05) is 24.8 Å². The van der Waals surface area contributed by atoms with E-state index < -0.39 is 14.9 Å². The number of non-ortho nitro benzene ring substituents is 1. The van der Waals surface area contributed by atoms with Gasteiger partial charge in [-0.2, -0.15) is 17.9 Å². The second-order valence-electron chi connectivity index (χ2n) is 5.21. The summed E-state index contributed by atoms with van der Waals surface area (Å²) in [5, 5.41) is 14.6. The number of benzene rings is 1. The molecule has 0 amide bonds. The fourth-order valence-electron chi connectivity index (χ4n) is 2.40. The number of hydrazone groups is 1. The van der Waals surface area contributed by atoms with E-state index >= 15 is 0 Å². The molecule has 1 aliphatic rings. The molecule has 0 saturated carbocycles. The Labute approximate surface area is 129 Å². The molecule has 2 rings (SSSR count). The molecule has 1 heterocycles. The Morgan fingerprint density at radius 2 is 2.00 bits per heavy atom. The van der Waals surface area contributed by atoms with Crippen molar-refractivity contribution < 1.29 is 13.3 Å². The third kappa shape index (κ3) is 3.44. The zero-order valence-corrected chi connectivity index (χ0v) is 13.2.